The third kappa shape index (κ3) is 3.78. The molecule has 0 aromatic heterocycles. The first kappa shape index (κ1) is 19.6. The van der Waals surface area contributed by atoms with Crippen LogP contribution in [0.25, 0.3) is 0 Å². The molecule has 1 heterocycles. The van der Waals surface area contributed by atoms with Crippen molar-refractivity contribution in [1.82, 2.24) is 10.2 Å². The Morgan fingerprint density at radius 2 is 1.93 bits per heavy atom. The first-order chi connectivity index (χ1) is 12.9. The maximum atomic E-state index is 13.9. The van der Waals surface area contributed by atoms with Crippen molar-refractivity contribution in [3.05, 3.63) is 29.6 Å². The molecular formula is C20H28FN3O3. The molecule has 1 saturated carbocycles. The molecule has 1 saturated heterocycles. The summed E-state index contributed by atoms with van der Waals surface area (Å²) in [6.07, 6.45) is 1.45. The molecule has 0 bridgehead atoms. The quantitative estimate of drug-likeness (QED) is 0.745. The fourth-order valence-electron chi connectivity index (χ4n) is 3.95. The van der Waals surface area contributed by atoms with Crippen molar-refractivity contribution in [3.8, 4) is 0 Å². The molecular weight excluding hydrogens is 349 g/mol. The zero-order valence-electron chi connectivity index (χ0n) is 16.0. The SMILES string of the molecule is CCN1CCN(c2ccc(F)cc2C(C)NC(=O)C2(C(=O)O)CCC2)CC1. The van der Waals surface area contributed by atoms with Gasteiger partial charge in [-0.25, -0.2) is 4.39 Å². The second-order valence-electron chi connectivity index (χ2n) is 7.56. The van der Waals surface area contributed by atoms with Gasteiger partial charge in [-0.2, -0.15) is 0 Å². The van der Waals surface area contributed by atoms with Crippen molar-refractivity contribution < 1.29 is 19.1 Å². The molecule has 1 unspecified atom stereocenters. The molecule has 2 N–H and O–H groups in total. The number of piperazine rings is 1. The number of anilines is 1. The predicted molar refractivity (Wildman–Crippen MR) is 101 cm³/mol. The van der Waals surface area contributed by atoms with Gasteiger partial charge in [-0.15, -0.1) is 0 Å². The van der Waals surface area contributed by atoms with Gasteiger partial charge in [0, 0.05) is 37.4 Å². The molecule has 1 aliphatic carbocycles. The summed E-state index contributed by atoms with van der Waals surface area (Å²) in [6, 6.07) is 4.17. The number of likely N-dealkylation sites (N-methyl/N-ethyl adjacent to an activating group) is 1. The number of hydrogen-bond donors (Lipinski definition) is 2. The number of aliphatic carboxylic acids is 1. The number of benzene rings is 1. The van der Waals surface area contributed by atoms with Crippen LogP contribution in [0.5, 0.6) is 0 Å². The third-order valence-electron chi connectivity index (χ3n) is 6.02. The van der Waals surface area contributed by atoms with Gasteiger partial charge < -0.3 is 20.2 Å². The molecule has 1 amide bonds. The van der Waals surface area contributed by atoms with Gasteiger partial charge >= 0.3 is 5.97 Å². The standard InChI is InChI=1S/C20H28FN3O3/c1-3-23-9-11-24(12-10-23)17-6-5-15(21)13-16(17)14(2)22-18(25)20(19(26)27)7-4-8-20/h5-6,13-14H,3-4,7-12H2,1-2H3,(H,22,25)(H,26,27). The van der Waals surface area contributed by atoms with Crippen LogP contribution >= 0.6 is 0 Å². The Hall–Kier alpha value is -2.15. The van der Waals surface area contributed by atoms with E-state index in [0.717, 1.165) is 44.8 Å². The van der Waals surface area contributed by atoms with Crippen molar-refractivity contribution in [2.24, 2.45) is 5.41 Å². The minimum Gasteiger partial charge on any atom is -0.480 e. The van der Waals surface area contributed by atoms with E-state index in [1.165, 1.54) is 12.1 Å². The van der Waals surface area contributed by atoms with Crippen LogP contribution in [0.15, 0.2) is 18.2 Å². The van der Waals surface area contributed by atoms with E-state index in [4.69, 9.17) is 0 Å². The maximum absolute atomic E-state index is 13.9. The van der Waals surface area contributed by atoms with Crippen molar-refractivity contribution in [3.63, 3.8) is 0 Å². The predicted octanol–water partition coefficient (Wildman–Crippen LogP) is 2.40. The number of rotatable bonds is 6. The van der Waals surface area contributed by atoms with Gasteiger partial charge in [-0.1, -0.05) is 13.3 Å². The lowest BCUT2D eigenvalue weighted by molar-refractivity contribution is -0.162. The number of carbonyl (C=O) groups excluding carboxylic acids is 1. The van der Waals surface area contributed by atoms with Crippen molar-refractivity contribution in [2.75, 3.05) is 37.6 Å². The normalized spacial score (nSPS) is 20.6. The summed E-state index contributed by atoms with van der Waals surface area (Å²) in [5.41, 5.74) is 0.264. The molecule has 1 atom stereocenters. The van der Waals surface area contributed by atoms with Crippen LogP contribution in [0.1, 0.15) is 44.7 Å². The Labute approximate surface area is 159 Å². The molecule has 1 aromatic rings. The third-order valence-corrected chi connectivity index (χ3v) is 6.02. The fraction of sp³-hybridized carbons (Fsp3) is 0.600. The zero-order valence-corrected chi connectivity index (χ0v) is 16.0. The summed E-state index contributed by atoms with van der Waals surface area (Å²) >= 11 is 0. The van der Waals surface area contributed by atoms with Gasteiger partial charge in [-0.3, -0.25) is 9.59 Å². The van der Waals surface area contributed by atoms with Gasteiger partial charge in [-0.05, 0) is 44.5 Å². The summed E-state index contributed by atoms with van der Waals surface area (Å²) in [6.45, 7) is 8.49. The highest BCUT2D eigenvalue weighted by atomic mass is 19.1. The molecule has 1 aliphatic heterocycles. The molecule has 2 aliphatic rings. The smallest absolute Gasteiger partial charge is 0.319 e. The minimum absolute atomic E-state index is 0.357. The molecule has 0 radical (unpaired) electrons. The number of carboxylic acids is 1. The molecule has 148 valence electrons. The van der Waals surface area contributed by atoms with Gasteiger partial charge in [0.05, 0.1) is 6.04 Å². The number of nitrogens with one attached hydrogen (secondary N) is 1. The Kier molecular flexibility index (Phi) is 5.69. The first-order valence-corrected chi connectivity index (χ1v) is 9.68. The molecule has 2 fully saturated rings. The van der Waals surface area contributed by atoms with Crippen LogP contribution in [0.3, 0.4) is 0 Å². The monoisotopic (exact) mass is 377 g/mol. The Morgan fingerprint density at radius 1 is 1.26 bits per heavy atom. The lowest BCUT2D eigenvalue weighted by Gasteiger charge is -2.38. The highest BCUT2D eigenvalue weighted by Gasteiger charge is 2.51. The lowest BCUT2D eigenvalue weighted by atomic mass is 9.68. The maximum Gasteiger partial charge on any atom is 0.319 e. The molecule has 3 rings (SSSR count). The number of amides is 1. The average Bonchev–Trinajstić information content (AvgIpc) is 2.60. The fourth-order valence-corrected chi connectivity index (χ4v) is 3.95. The number of nitrogens with zero attached hydrogens (tertiary/aromatic N) is 2. The zero-order chi connectivity index (χ0) is 19.6. The first-order valence-electron chi connectivity index (χ1n) is 9.68. The lowest BCUT2D eigenvalue weighted by Crippen LogP contribution is -2.51. The number of halogens is 1. The summed E-state index contributed by atoms with van der Waals surface area (Å²) in [5.74, 6) is -1.91. The highest BCUT2D eigenvalue weighted by molar-refractivity contribution is 6.03. The second-order valence-corrected chi connectivity index (χ2v) is 7.56. The van der Waals surface area contributed by atoms with E-state index in [1.807, 2.05) is 0 Å². The molecule has 7 heteroatoms. The summed E-state index contributed by atoms with van der Waals surface area (Å²) in [7, 11) is 0. The summed E-state index contributed by atoms with van der Waals surface area (Å²) in [4.78, 5) is 28.7. The Balaban J connectivity index is 1.78. The summed E-state index contributed by atoms with van der Waals surface area (Å²) < 4.78 is 13.9. The summed E-state index contributed by atoms with van der Waals surface area (Å²) in [5, 5.41) is 12.3. The van der Waals surface area contributed by atoms with Gasteiger partial charge in [0.1, 0.15) is 11.2 Å². The van der Waals surface area contributed by atoms with E-state index in [9.17, 15) is 19.1 Å². The largest absolute Gasteiger partial charge is 0.480 e. The van der Waals surface area contributed by atoms with Crippen molar-refractivity contribution >= 4 is 17.6 Å². The van der Waals surface area contributed by atoms with Gasteiger partial charge in [0.25, 0.3) is 0 Å². The molecule has 27 heavy (non-hydrogen) atoms. The average molecular weight is 377 g/mol. The second kappa shape index (κ2) is 7.84. The van der Waals surface area contributed by atoms with Crippen LogP contribution in [0.4, 0.5) is 10.1 Å². The van der Waals surface area contributed by atoms with Crippen molar-refractivity contribution in [2.45, 2.75) is 39.2 Å². The van der Waals surface area contributed by atoms with Crippen LogP contribution in [0.2, 0.25) is 0 Å². The van der Waals surface area contributed by atoms with E-state index in [2.05, 4.69) is 22.0 Å². The van der Waals surface area contributed by atoms with Crippen LogP contribution in [0, 0.1) is 11.2 Å². The van der Waals surface area contributed by atoms with E-state index in [1.54, 1.807) is 13.0 Å². The van der Waals surface area contributed by atoms with E-state index in [-0.39, 0.29) is 5.82 Å². The Morgan fingerprint density at radius 3 is 2.44 bits per heavy atom. The number of hydrogen-bond acceptors (Lipinski definition) is 4. The van der Waals surface area contributed by atoms with Crippen LogP contribution < -0.4 is 10.2 Å². The highest BCUT2D eigenvalue weighted by Crippen LogP contribution is 2.42. The van der Waals surface area contributed by atoms with Gasteiger partial charge in [0.2, 0.25) is 5.91 Å². The van der Waals surface area contributed by atoms with Crippen LogP contribution in [-0.4, -0.2) is 54.6 Å². The minimum atomic E-state index is -1.32. The molecule has 1 aromatic carbocycles. The molecule has 0 spiro atoms. The van der Waals surface area contributed by atoms with Gasteiger partial charge in [0.15, 0.2) is 0 Å². The van der Waals surface area contributed by atoms with E-state index in [0.29, 0.717) is 18.4 Å². The van der Waals surface area contributed by atoms with Crippen LogP contribution in [-0.2, 0) is 9.59 Å². The topological polar surface area (TPSA) is 72.9 Å². The number of carbonyl (C=O) groups is 2. The Bertz CT molecular complexity index is 712. The molecule has 6 nitrogen and oxygen atoms in total. The van der Waals surface area contributed by atoms with E-state index >= 15 is 0 Å². The number of carboxylic acid groups (broad SMARTS) is 1. The van der Waals surface area contributed by atoms with Crippen molar-refractivity contribution in [1.29, 1.82) is 0 Å². The van der Waals surface area contributed by atoms with E-state index < -0.39 is 23.3 Å².